The number of alkyl halides is 3. The minimum absolute atomic E-state index is 0.625. The Labute approximate surface area is 75.1 Å². The Balaban J connectivity index is 3.03. The molecule has 0 saturated heterocycles. The third kappa shape index (κ3) is 2.66. The predicted molar refractivity (Wildman–Crippen MR) is 38.8 cm³/mol. The van der Waals surface area contributed by atoms with Crippen molar-refractivity contribution in [2.24, 2.45) is 0 Å². The van der Waals surface area contributed by atoms with Crippen LogP contribution in [-0.4, -0.2) is 11.3 Å². The fourth-order valence-corrected chi connectivity index (χ4v) is 0.801. The molecule has 0 radical (unpaired) electrons. The van der Waals surface area contributed by atoms with Crippen molar-refractivity contribution < 1.29 is 17.9 Å². The lowest BCUT2D eigenvalue weighted by molar-refractivity contribution is -0.274. The van der Waals surface area contributed by atoms with Crippen LogP contribution in [0.3, 0.4) is 0 Å². The first-order valence-corrected chi connectivity index (χ1v) is 3.41. The Bertz CT molecular complexity index is 360. The topological polar surface area (TPSA) is 42.1 Å². The lowest BCUT2D eigenvalue weighted by atomic mass is 10.4. The number of aromatic nitrogens is 1. The molecule has 0 aliphatic rings. The Morgan fingerprint density at radius 3 is 2.62 bits per heavy atom. The molecule has 7 heteroatoms. The molecule has 72 valence electrons. The predicted octanol–water partition coefficient (Wildman–Crippen LogP) is 1.93. The maximum atomic E-state index is 11.7. The zero-order valence-corrected chi connectivity index (χ0v) is 6.74. The highest BCUT2D eigenvalue weighted by Gasteiger charge is 2.32. The summed E-state index contributed by atoms with van der Waals surface area (Å²) >= 11 is 5.23. The zero-order chi connectivity index (χ0) is 10.1. The smallest absolute Gasteiger partial charge is 0.404 e. The van der Waals surface area contributed by atoms with Crippen LogP contribution in [0.2, 0.25) is 5.02 Å². The summed E-state index contributed by atoms with van der Waals surface area (Å²) in [4.78, 5) is 12.8. The van der Waals surface area contributed by atoms with Crippen LogP contribution in [-0.2, 0) is 0 Å². The van der Waals surface area contributed by atoms with Gasteiger partial charge in [0.05, 0.1) is 0 Å². The molecule has 3 nitrogen and oxygen atoms in total. The molecule has 0 aromatic carbocycles. The van der Waals surface area contributed by atoms with Gasteiger partial charge in [-0.15, -0.1) is 13.2 Å². The molecule has 0 aliphatic heterocycles. The van der Waals surface area contributed by atoms with Crippen molar-refractivity contribution >= 4 is 11.6 Å². The Hall–Kier alpha value is -1.17. The summed E-state index contributed by atoms with van der Waals surface area (Å²) in [7, 11) is 0. The van der Waals surface area contributed by atoms with Gasteiger partial charge in [-0.05, 0) is 6.07 Å². The number of ether oxygens (including phenoxy) is 1. The van der Waals surface area contributed by atoms with Crippen molar-refractivity contribution in [2.45, 2.75) is 6.36 Å². The molecular formula is C6H3ClF3NO2. The first-order valence-electron chi connectivity index (χ1n) is 3.03. The van der Waals surface area contributed by atoms with E-state index in [1.54, 1.807) is 0 Å². The number of hydrogen-bond donors (Lipinski definition) is 1. The van der Waals surface area contributed by atoms with Gasteiger partial charge in [-0.2, -0.15) is 0 Å². The van der Waals surface area contributed by atoms with Crippen molar-refractivity contribution in [1.29, 1.82) is 0 Å². The van der Waals surface area contributed by atoms with Gasteiger partial charge in [-0.25, -0.2) is 0 Å². The maximum Gasteiger partial charge on any atom is 0.573 e. The van der Waals surface area contributed by atoms with Crippen LogP contribution in [0.4, 0.5) is 13.2 Å². The van der Waals surface area contributed by atoms with Crippen molar-refractivity contribution in [3.63, 3.8) is 0 Å². The number of nitrogens with one attached hydrogen (secondary N) is 1. The van der Waals surface area contributed by atoms with Crippen molar-refractivity contribution in [3.05, 3.63) is 27.6 Å². The minimum Gasteiger partial charge on any atom is -0.404 e. The van der Waals surface area contributed by atoms with Gasteiger partial charge in [0.25, 0.3) is 5.56 Å². The fraction of sp³-hybridized carbons (Fsp3) is 0.167. The largest absolute Gasteiger partial charge is 0.573 e. The first-order chi connectivity index (χ1) is 5.90. The Kier molecular flexibility index (Phi) is 2.51. The highest BCUT2D eigenvalue weighted by molar-refractivity contribution is 6.31. The van der Waals surface area contributed by atoms with Crippen LogP contribution in [0.15, 0.2) is 17.1 Å². The molecule has 0 saturated carbocycles. The van der Waals surface area contributed by atoms with Gasteiger partial charge in [0, 0.05) is 6.20 Å². The molecule has 1 heterocycles. The second kappa shape index (κ2) is 3.29. The van der Waals surface area contributed by atoms with Gasteiger partial charge in [0.2, 0.25) is 0 Å². The number of rotatable bonds is 1. The van der Waals surface area contributed by atoms with Crippen LogP contribution in [0.1, 0.15) is 0 Å². The molecule has 0 unspecified atom stereocenters. The number of pyridine rings is 1. The molecule has 13 heavy (non-hydrogen) atoms. The van der Waals surface area contributed by atoms with Gasteiger partial charge in [-0.1, -0.05) is 11.6 Å². The number of H-pyrrole nitrogens is 1. The third-order valence-electron chi connectivity index (χ3n) is 1.09. The van der Waals surface area contributed by atoms with Crippen molar-refractivity contribution in [1.82, 2.24) is 4.98 Å². The Morgan fingerprint density at radius 1 is 1.46 bits per heavy atom. The van der Waals surface area contributed by atoms with E-state index in [2.05, 4.69) is 9.72 Å². The van der Waals surface area contributed by atoms with Gasteiger partial charge in [0.1, 0.15) is 5.02 Å². The molecule has 0 aliphatic carbocycles. The van der Waals surface area contributed by atoms with Crippen LogP contribution in [0, 0.1) is 0 Å². The van der Waals surface area contributed by atoms with E-state index in [9.17, 15) is 18.0 Å². The van der Waals surface area contributed by atoms with Gasteiger partial charge in [0.15, 0.2) is 5.75 Å². The third-order valence-corrected chi connectivity index (χ3v) is 1.45. The maximum absolute atomic E-state index is 11.7. The second-order valence-corrected chi connectivity index (χ2v) is 2.41. The standard InChI is InChI=1S/C6H3ClF3NO2/c7-4-3(13-6(8,9)10)1-2-11-5(4)12/h1-2H,(H,11,12). The monoisotopic (exact) mass is 213 g/mol. The molecule has 0 bridgehead atoms. The highest BCUT2D eigenvalue weighted by atomic mass is 35.5. The lowest BCUT2D eigenvalue weighted by Gasteiger charge is -2.08. The van der Waals surface area contributed by atoms with E-state index in [0.29, 0.717) is 0 Å². The van der Waals surface area contributed by atoms with Crippen LogP contribution >= 0.6 is 11.6 Å². The molecule has 0 atom stereocenters. The summed E-state index contributed by atoms with van der Waals surface area (Å²) < 4.78 is 38.4. The quantitative estimate of drug-likeness (QED) is 0.775. The molecule has 0 spiro atoms. The number of halogens is 4. The average molecular weight is 214 g/mol. The van der Waals surface area contributed by atoms with E-state index in [1.807, 2.05) is 0 Å². The molecule has 1 aromatic heterocycles. The second-order valence-electron chi connectivity index (χ2n) is 2.03. The summed E-state index contributed by atoms with van der Waals surface area (Å²) in [5.74, 6) is -0.710. The van der Waals surface area contributed by atoms with E-state index in [0.717, 1.165) is 12.3 Å². The van der Waals surface area contributed by atoms with E-state index < -0.39 is 22.7 Å². The summed E-state index contributed by atoms with van der Waals surface area (Å²) in [6.45, 7) is 0. The Morgan fingerprint density at radius 2 is 2.08 bits per heavy atom. The first kappa shape index (κ1) is 9.91. The summed E-state index contributed by atoms with van der Waals surface area (Å²) in [6.07, 6.45) is -3.84. The fourth-order valence-electron chi connectivity index (χ4n) is 0.645. The van der Waals surface area contributed by atoms with Crippen LogP contribution in [0.25, 0.3) is 0 Å². The molecule has 0 fully saturated rings. The van der Waals surface area contributed by atoms with Gasteiger partial charge >= 0.3 is 6.36 Å². The van der Waals surface area contributed by atoms with E-state index in [4.69, 9.17) is 11.6 Å². The molecule has 1 N–H and O–H groups in total. The number of hydrogen-bond acceptors (Lipinski definition) is 2. The highest BCUT2D eigenvalue weighted by Crippen LogP contribution is 2.26. The zero-order valence-electron chi connectivity index (χ0n) is 5.98. The van der Waals surface area contributed by atoms with Crippen molar-refractivity contribution in [3.8, 4) is 5.75 Å². The normalized spacial score (nSPS) is 11.4. The minimum atomic E-state index is -4.85. The van der Waals surface area contributed by atoms with Crippen LogP contribution < -0.4 is 10.3 Å². The molecule has 1 rings (SSSR count). The van der Waals surface area contributed by atoms with E-state index >= 15 is 0 Å². The summed E-state index contributed by atoms with van der Waals surface area (Å²) in [5, 5.41) is -0.625. The van der Waals surface area contributed by atoms with Gasteiger partial charge in [-0.3, -0.25) is 4.79 Å². The number of aromatic amines is 1. The SMILES string of the molecule is O=c1[nH]ccc(OC(F)(F)F)c1Cl. The van der Waals surface area contributed by atoms with Gasteiger partial charge < -0.3 is 9.72 Å². The lowest BCUT2D eigenvalue weighted by Crippen LogP contribution is -2.19. The summed E-state index contributed by atoms with van der Waals surface area (Å²) in [6, 6.07) is 0.914. The average Bonchev–Trinajstić information content (AvgIpc) is 1.96. The molecule has 1 aromatic rings. The molecule has 0 amide bonds. The van der Waals surface area contributed by atoms with E-state index in [-0.39, 0.29) is 0 Å². The molecular weight excluding hydrogens is 211 g/mol. The van der Waals surface area contributed by atoms with E-state index in [1.165, 1.54) is 0 Å². The van der Waals surface area contributed by atoms with Crippen LogP contribution in [0.5, 0.6) is 5.75 Å². The van der Waals surface area contributed by atoms with Crippen molar-refractivity contribution in [2.75, 3.05) is 0 Å². The summed E-state index contributed by atoms with van der Waals surface area (Å²) in [5.41, 5.74) is -0.830.